The summed E-state index contributed by atoms with van der Waals surface area (Å²) in [6.45, 7) is 4.46. The van der Waals surface area contributed by atoms with Gasteiger partial charge in [0.05, 0.1) is 67.8 Å². The maximum Gasteiger partial charge on any atom is 0.266 e. The first-order valence-corrected chi connectivity index (χ1v) is 20.2. The molecular formula is C45H41ClFN3O12. The summed E-state index contributed by atoms with van der Waals surface area (Å²) >= 11 is 6.64. The summed E-state index contributed by atoms with van der Waals surface area (Å²) < 4.78 is 49.3. The topological polar surface area (TPSA) is 189 Å². The standard InChI is InChI=1S/C45H41ClFN3O12/c1-2-60-38-24-40-32(22-31(38)30-20-26(25-51)6-9-34(30)47)36(52)23-39(62-40)28-8-7-27(21-33(28)46)48-12-13-57-14-15-58-16-17-59-18-19-61-37-5-3-4-29-42(37)45(56)50(44(29)55)35-10-11-41(53)49-43(35)54/h3-9,20-25,35,48H,2,10-19H2,1H3,(H,49,53,54). The van der Waals surface area contributed by atoms with Crippen molar-refractivity contribution in [1.82, 2.24) is 10.2 Å². The molecule has 1 fully saturated rings. The van der Waals surface area contributed by atoms with Gasteiger partial charge in [0.25, 0.3) is 11.8 Å². The molecule has 4 aromatic carbocycles. The van der Waals surface area contributed by atoms with Crippen molar-refractivity contribution in [3.05, 3.63) is 111 Å². The van der Waals surface area contributed by atoms with Gasteiger partial charge in [-0.15, -0.1) is 0 Å². The van der Waals surface area contributed by atoms with Crippen molar-refractivity contribution in [3.8, 4) is 33.9 Å². The van der Waals surface area contributed by atoms with Gasteiger partial charge in [-0.05, 0) is 67.9 Å². The van der Waals surface area contributed by atoms with E-state index in [4.69, 9.17) is 39.7 Å². The maximum atomic E-state index is 14.9. The smallest absolute Gasteiger partial charge is 0.266 e. The molecule has 62 heavy (non-hydrogen) atoms. The molecular weight excluding hydrogens is 829 g/mol. The third-order valence-electron chi connectivity index (χ3n) is 10.0. The molecule has 0 radical (unpaired) electrons. The van der Waals surface area contributed by atoms with E-state index < -0.39 is 35.5 Å². The van der Waals surface area contributed by atoms with Crippen LogP contribution in [-0.4, -0.2) is 100 Å². The summed E-state index contributed by atoms with van der Waals surface area (Å²) in [6, 6.07) is 17.1. The molecule has 2 N–H and O–H groups in total. The zero-order chi connectivity index (χ0) is 43.8. The van der Waals surface area contributed by atoms with Gasteiger partial charge in [-0.3, -0.25) is 39.0 Å². The zero-order valence-electron chi connectivity index (χ0n) is 33.5. The number of nitrogens with zero attached hydrogens (tertiary/aromatic N) is 1. The number of piperidine rings is 1. The highest BCUT2D eigenvalue weighted by Gasteiger charge is 2.46. The van der Waals surface area contributed by atoms with Crippen molar-refractivity contribution in [2.45, 2.75) is 25.8 Å². The minimum absolute atomic E-state index is 0.0309. The van der Waals surface area contributed by atoms with Crippen LogP contribution in [0.1, 0.15) is 50.8 Å². The number of fused-ring (bicyclic) bond motifs is 2. The summed E-state index contributed by atoms with van der Waals surface area (Å²) in [5.74, 6) is -2.23. The van der Waals surface area contributed by atoms with Crippen LogP contribution in [0.3, 0.4) is 0 Å². The van der Waals surface area contributed by atoms with Crippen LogP contribution in [0.15, 0.2) is 82.0 Å². The lowest BCUT2D eigenvalue weighted by molar-refractivity contribution is -0.136. The Bertz CT molecular complexity index is 2600. The van der Waals surface area contributed by atoms with Crippen molar-refractivity contribution >= 4 is 58.2 Å². The zero-order valence-corrected chi connectivity index (χ0v) is 34.2. The second kappa shape index (κ2) is 19.9. The van der Waals surface area contributed by atoms with E-state index in [1.165, 1.54) is 42.5 Å². The molecule has 0 spiro atoms. The van der Waals surface area contributed by atoms with Gasteiger partial charge in [-0.1, -0.05) is 17.7 Å². The quantitative estimate of drug-likeness (QED) is 0.0522. The lowest BCUT2D eigenvalue weighted by Crippen LogP contribution is -2.54. The first-order chi connectivity index (χ1) is 30.1. The number of hydrogen-bond donors (Lipinski definition) is 2. The Labute approximate surface area is 359 Å². The molecule has 2 aliphatic rings. The number of imide groups is 2. The molecule has 5 aromatic rings. The molecule has 1 unspecified atom stereocenters. The number of aldehydes is 1. The van der Waals surface area contributed by atoms with E-state index in [1.54, 1.807) is 37.3 Å². The Morgan fingerprint density at radius 3 is 2.29 bits per heavy atom. The third-order valence-corrected chi connectivity index (χ3v) is 10.3. The molecule has 3 heterocycles. The van der Waals surface area contributed by atoms with Crippen molar-refractivity contribution in [1.29, 1.82) is 0 Å². The number of benzene rings is 4. The number of hydrogen-bond acceptors (Lipinski definition) is 13. The van der Waals surface area contributed by atoms with Crippen molar-refractivity contribution in [3.63, 3.8) is 0 Å². The van der Waals surface area contributed by atoms with Crippen LogP contribution in [0.5, 0.6) is 11.5 Å². The number of carbonyl (C=O) groups excluding carboxylic acids is 5. The number of anilines is 1. The lowest BCUT2D eigenvalue weighted by Gasteiger charge is -2.27. The van der Waals surface area contributed by atoms with E-state index in [0.717, 1.165) is 10.6 Å². The molecule has 17 heteroatoms. The number of ether oxygens (including phenoxy) is 5. The van der Waals surface area contributed by atoms with Gasteiger partial charge in [-0.25, -0.2) is 4.39 Å². The summed E-state index contributed by atoms with van der Waals surface area (Å²) in [7, 11) is 0. The predicted molar refractivity (Wildman–Crippen MR) is 224 cm³/mol. The van der Waals surface area contributed by atoms with Gasteiger partial charge in [0.15, 0.2) is 5.43 Å². The Kier molecular flexibility index (Phi) is 14.0. The fourth-order valence-corrected chi connectivity index (χ4v) is 7.35. The van der Waals surface area contributed by atoms with E-state index >= 15 is 0 Å². The van der Waals surface area contributed by atoms with Crippen LogP contribution in [0, 0.1) is 5.82 Å². The van der Waals surface area contributed by atoms with Crippen LogP contribution in [0.4, 0.5) is 10.1 Å². The maximum absolute atomic E-state index is 14.9. The second-order valence-corrected chi connectivity index (χ2v) is 14.4. The van der Waals surface area contributed by atoms with Crippen molar-refractivity contribution in [2.75, 3.05) is 64.7 Å². The van der Waals surface area contributed by atoms with Crippen LogP contribution in [-0.2, 0) is 23.8 Å². The van der Waals surface area contributed by atoms with Gasteiger partial charge in [-0.2, -0.15) is 0 Å². The van der Waals surface area contributed by atoms with E-state index in [1.807, 2.05) is 0 Å². The molecule has 4 amide bonds. The molecule has 7 rings (SSSR count). The first-order valence-electron chi connectivity index (χ1n) is 19.8. The Balaban J connectivity index is 0.809. The third kappa shape index (κ3) is 9.68. The van der Waals surface area contributed by atoms with Crippen LogP contribution < -0.4 is 25.5 Å². The minimum Gasteiger partial charge on any atom is -0.493 e. The highest BCUT2D eigenvalue weighted by molar-refractivity contribution is 6.33. The average Bonchev–Trinajstić information content (AvgIpc) is 3.51. The molecule has 1 saturated heterocycles. The van der Waals surface area contributed by atoms with Gasteiger partial charge < -0.3 is 33.4 Å². The SMILES string of the molecule is CCOc1cc2oc(-c3ccc(NCCOCCOCCOCCOc4cccc5c4C(=O)N(C4CCC(=O)NC4=O)C5=O)cc3Cl)cc(=O)c2cc1-c1cc(C=O)ccc1F. The molecule has 2 aliphatic heterocycles. The molecule has 0 bridgehead atoms. The van der Waals surface area contributed by atoms with Crippen LogP contribution >= 0.6 is 11.6 Å². The number of carbonyl (C=O) groups is 5. The van der Waals surface area contributed by atoms with Gasteiger partial charge in [0.1, 0.15) is 47.6 Å². The summed E-state index contributed by atoms with van der Waals surface area (Å²) in [6.07, 6.45) is 0.709. The Hall–Kier alpha value is -6.46. The normalized spacial score (nSPS) is 14.9. The summed E-state index contributed by atoms with van der Waals surface area (Å²) in [5.41, 5.74) is 1.98. The van der Waals surface area contributed by atoms with Gasteiger partial charge in [0.2, 0.25) is 11.8 Å². The molecule has 1 aromatic heterocycles. The van der Waals surface area contributed by atoms with E-state index in [0.29, 0.717) is 55.4 Å². The molecule has 0 saturated carbocycles. The summed E-state index contributed by atoms with van der Waals surface area (Å²) in [4.78, 5) is 75.6. The Morgan fingerprint density at radius 1 is 0.806 bits per heavy atom. The van der Waals surface area contributed by atoms with Gasteiger partial charge in [0, 0.05) is 53.0 Å². The lowest BCUT2D eigenvalue weighted by atomic mass is 9.99. The number of halogens is 2. The monoisotopic (exact) mass is 869 g/mol. The summed E-state index contributed by atoms with van der Waals surface area (Å²) in [5, 5.41) is 5.95. The molecule has 0 aliphatic carbocycles. The number of rotatable bonds is 20. The fraction of sp³-hybridized carbons (Fsp3) is 0.289. The van der Waals surface area contributed by atoms with E-state index in [-0.39, 0.29) is 95.2 Å². The van der Waals surface area contributed by atoms with Crippen molar-refractivity contribution < 1.29 is 56.5 Å². The minimum atomic E-state index is -1.06. The largest absolute Gasteiger partial charge is 0.493 e. The fourth-order valence-electron chi connectivity index (χ4n) is 7.07. The second-order valence-electron chi connectivity index (χ2n) is 14.0. The average molecular weight is 870 g/mol. The van der Waals surface area contributed by atoms with Crippen LogP contribution in [0.25, 0.3) is 33.4 Å². The Morgan fingerprint density at radius 2 is 1.56 bits per heavy atom. The number of nitrogens with one attached hydrogen (secondary N) is 2. The predicted octanol–water partition coefficient (Wildman–Crippen LogP) is 6.07. The van der Waals surface area contributed by atoms with E-state index in [9.17, 15) is 33.2 Å². The molecule has 322 valence electrons. The van der Waals surface area contributed by atoms with Gasteiger partial charge >= 0.3 is 0 Å². The molecule has 1 atom stereocenters. The molecule has 15 nitrogen and oxygen atoms in total. The van der Waals surface area contributed by atoms with Crippen molar-refractivity contribution in [2.24, 2.45) is 0 Å². The number of amides is 4. The van der Waals surface area contributed by atoms with E-state index in [2.05, 4.69) is 10.6 Å². The highest BCUT2D eigenvalue weighted by Crippen LogP contribution is 2.38. The first kappa shape index (κ1) is 43.6. The highest BCUT2D eigenvalue weighted by atomic mass is 35.5. The van der Waals surface area contributed by atoms with Crippen LogP contribution in [0.2, 0.25) is 5.02 Å².